The standard InChI is InChI=1S/C23H27FN4O2/c1-22(2)12-15(13-23(3,4)30-22)18-14-28(17-8-6-16(24)7-9-17)20(27-18)19-21(29-5)26-11-10-25-19/h6-11,14-15H,12-13H2,1-5H3. The monoisotopic (exact) mass is 410 g/mol. The second kappa shape index (κ2) is 7.47. The van der Waals surface area contributed by atoms with Gasteiger partial charge in [-0.1, -0.05) is 0 Å². The van der Waals surface area contributed by atoms with Gasteiger partial charge in [-0.15, -0.1) is 0 Å². The highest BCUT2D eigenvalue weighted by Gasteiger charge is 2.41. The molecule has 0 aliphatic carbocycles. The maximum Gasteiger partial charge on any atom is 0.243 e. The molecule has 0 unspecified atom stereocenters. The molecule has 0 bridgehead atoms. The van der Waals surface area contributed by atoms with Crippen LogP contribution >= 0.6 is 0 Å². The Kier molecular flexibility index (Phi) is 5.10. The number of aromatic nitrogens is 4. The summed E-state index contributed by atoms with van der Waals surface area (Å²) >= 11 is 0. The summed E-state index contributed by atoms with van der Waals surface area (Å²) < 4.78 is 27.1. The number of halogens is 1. The predicted molar refractivity (Wildman–Crippen MR) is 112 cm³/mol. The number of rotatable bonds is 4. The van der Waals surface area contributed by atoms with Gasteiger partial charge < -0.3 is 9.47 Å². The molecule has 0 N–H and O–H groups in total. The third-order valence-electron chi connectivity index (χ3n) is 5.35. The average Bonchev–Trinajstić information content (AvgIpc) is 3.11. The van der Waals surface area contributed by atoms with Gasteiger partial charge in [-0.25, -0.2) is 19.3 Å². The van der Waals surface area contributed by atoms with Crippen LogP contribution in [0.2, 0.25) is 0 Å². The van der Waals surface area contributed by atoms with E-state index in [0.717, 1.165) is 24.2 Å². The minimum atomic E-state index is -0.286. The van der Waals surface area contributed by atoms with Crippen LogP contribution in [-0.4, -0.2) is 37.8 Å². The Hall–Kier alpha value is -2.80. The molecule has 158 valence electrons. The molecule has 1 fully saturated rings. The molecule has 2 aromatic heterocycles. The number of hydrogen-bond acceptors (Lipinski definition) is 5. The second-order valence-corrected chi connectivity index (χ2v) is 8.98. The molecule has 4 rings (SSSR count). The molecule has 0 radical (unpaired) electrons. The smallest absolute Gasteiger partial charge is 0.243 e. The first-order valence-corrected chi connectivity index (χ1v) is 10.1. The normalized spacial score (nSPS) is 18.3. The molecule has 7 heteroatoms. The number of imidazole rings is 1. The van der Waals surface area contributed by atoms with Crippen LogP contribution in [0.1, 0.15) is 52.1 Å². The van der Waals surface area contributed by atoms with Crippen LogP contribution in [0.25, 0.3) is 17.2 Å². The van der Waals surface area contributed by atoms with E-state index in [1.165, 1.54) is 12.1 Å². The van der Waals surface area contributed by atoms with E-state index in [0.29, 0.717) is 17.4 Å². The molecule has 3 aromatic rings. The highest BCUT2D eigenvalue weighted by atomic mass is 19.1. The molecule has 6 nitrogen and oxygen atoms in total. The van der Waals surface area contributed by atoms with Crippen LogP contribution in [0, 0.1) is 5.82 Å². The van der Waals surface area contributed by atoms with E-state index in [-0.39, 0.29) is 22.9 Å². The molecule has 1 aliphatic rings. The van der Waals surface area contributed by atoms with Gasteiger partial charge in [0, 0.05) is 30.2 Å². The first kappa shape index (κ1) is 20.5. The van der Waals surface area contributed by atoms with Crippen LogP contribution in [0.5, 0.6) is 5.88 Å². The van der Waals surface area contributed by atoms with Gasteiger partial charge in [-0.05, 0) is 64.8 Å². The van der Waals surface area contributed by atoms with Gasteiger partial charge in [0.25, 0.3) is 0 Å². The maximum atomic E-state index is 13.5. The average molecular weight is 410 g/mol. The number of methoxy groups -OCH3 is 1. The van der Waals surface area contributed by atoms with Gasteiger partial charge in [0.2, 0.25) is 5.88 Å². The molecule has 0 amide bonds. The molecule has 0 saturated carbocycles. The van der Waals surface area contributed by atoms with E-state index in [1.807, 2.05) is 10.8 Å². The molecule has 30 heavy (non-hydrogen) atoms. The summed E-state index contributed by atoms with van der Waals surface area (Å²) in [7, 11) is 1.56. The van der Waals surface area contributed by atoms with Gasteiger partial charge in [-0.3, -0.25) is 4.57 Å². The van der Waals surface area contributed by atoms with E-state index >= 15 is 0 Å². The van der Waals surface area contributed by atoms with Crippen molar-refractivity contribution in [1.29, 1.82) is 0 Å². The van der Waals surface area contributed by atoms with Crippen molar-refractivity contribution in [2.24, 2.45) is 0 Å². The van der Waals surface area contributed by atoms with Crippen LogP contribution in [0.15, 0.2) is 42.9 Å². The summed E-state index contributed by atoms with van der Waals surface area (Å²) in [5.74, 6) is 0.937. The summed E-state index contributed by atoms with van der Waals surface area (Å²) in [5, 5.41) is 0. The summed E-state index contributed by atoms with van der Waals surface area (Å²) in [5.41, 5.74) is 1.78. The van der Waals surface area contributed by atoms with Crippen molar-refractivity contribution < 1.29 is 13.9 Å². The topological polar surface area (TPSA) is 62.1 Å². The van der Waals surface area contributed by atoms with Crippen LogP contribution in [0.3, 0.4) is 0 Å². The van der Waals surface area contributed by atoms with E-state index in [2.05, 4.69) is 37.7 Å². The van der Waals surface area contributed by atoms with Crippen molar-refractivity contribution in [3.05, 3.63) is 54.4 Å². The minimum absolute atomic E-state index is 0.215. The van der Waals surface area contributed by atoms with Crippen molar-refractivity contribution in [1.82, 2.24) is 19.5 Å². The predicted octanol–water partition coefficient (Wildman–Crippen LogP) is 4.93. The van der Waals surface area contributed by atoms with Crippen molar-refractivity contribution in [2.75, 3.05) is 7.11 Å². The molecule has 1 aliphatic heterocycles. The lowest BCUT2D eigenvalue weighted by atomic mass is 9.79. The molecule has 0 atom stereocenters. The van der Waals surface area contributed by atoms with Gasteiger partial charge in [-0.2, -0.15) is 0 Å². The van der Waals surface area contributed by atoms with Crippen LogP contribution < -0.4 is 4.74 Å². The largest absolute Gasteiger partial charge is 0.479 e. The first-order valence-electron chi connectivity index (χ1n) is 10.1. The lowest BCUT2D eigenvalue weighted by molar-refractivity contribution is -0.162. The second-order valence-electron chi connectivity index (χ2n) is 8.98. The zero-order chi connectivity index (χ0) is 21.5. The molecular weight excluding hydrogens is 383 g/mol. The molecule has 0 spiro atoms. The fraction of sp³-hybridized carbons (Fsp3) is 0.435. The van der Waals surface area contributed by atoms with E-state index in [1.54, 1.807) is 31.6 Å². The van der Waals surface area contributed by atoms with Crippen LogP contribution in [-0.2, 0) is 4.74 Å². The van der Waals surface area contributed by atoms with Crippen LogP contribution in [0.4, 0.5) is 4.39 Å². The number of nitrogens with zero attached hydrogens (tertiary/aromatic N) is 4. The Balaban J connectivity index is 1.85. The maximum absolute atomic E-state index is 13.5. The van der Waals surface area contributed by atoms with E-state index < -0.39 is 0 Å². The zero-order valence-corrected chi connectivity index (χ0v) is 18.0. The van der Waals surface area contributed by atoms with Gasteiger partial charge in [0.15, 0.2) is 11.5 Å². The highest BCUT2D eigenvalue weighted by Crippen LogP contribution is 2.44. The summed E-state index contributed by atoms with van der Waals surface area (Å²) in [6.45, 7) is 8.46. The quantitative estimate of drug-likeness (QED) is 0.610. The van der Waals surface area contributed by atoms with E-state index in [9.17, 15) is 4.39 Å². The molecule has 1 saturated heterocycles. The van der Waals surface area contributed by atoms with Gasteiger partial charge in [0.1, 0.15) is 5.82 Å². The molecule has 3 heterocycles. The summed E-state index contributed by atoms with van der Waals surface area (Å²) in [6, 6.07) is 6.33. The Morgan fingerprint density at radius 3 is 2.30 bits per heavy atom. The fourth-order valence-corrected chi connectivity index (χ4v) is 4.49. The number of benzene rings is 1. The lowest BCUT2D eigenvalue weighted by Crippen LogP contribution is -2.44. The van der Waals surface area contributed by atoms with Crippen molar-refractivity contribution in [3.8, 4) is 23.1 Å². The van der Waals surface area contributed by atoms with Crippen molar-refractivity contribution >= 4 is 0 Å². The SMILES string of the molecule is COc1nccnc1-c1nc(C2CC(C)(C)OC(C)(C)C2)cn1-c1ccc(F)cc1. The van der Waals surface area contributed by atoms with Crippen molar-refractivity contribution in [3.63, 3.8) is 0 Å². The summed E-state index contributed by atoms with van der Waals surface area (Å²) in [4.78, 5) is 13.7. The Morgan fingerprint density at radius 2 is 1.67 bits per heavy atom. The highest BCUT2D eigenvalue weighted by molar-refractivity contribution is 5.60. The molecular formula is C23H27FN4O2. The summed E-state index contributed by atoms with van der Waals surface area (Å²) in [6.07, 6.45) is 6.92. The third-order valence-corrected chi connectivity index (χ3v) is 5.35. The number of hydrogen-bond donors (Lipinski definition) is 0. The van der Waals surface area contributed by atoms with Crippen molar-refractivity contribution in [2.45, 2.75) is 57.7 Å². The van der Waals surface area contributed by atoms with E-state index in [4.69, 9.17) is 14.5 Å². The Morgan fingerprint density at radius 1 is 1.03 bits per heavy atom. The number of ether oxygens (including phenoxy) is 2. The Labute approximate surface area is 176 Å². The van der Waals surface area contributed by atoms with Gasteiger partial charge >= 0.3 is 0 Å². The first-order chi connectivity index (χ1) is 14.2. The lowest BCUT2D eigenvalue weighted by Gasteiger charge is -2.45. The minimum Gasteiger partial charge on any atom is -0.479 e. The Bertz CT molecular complexity index is 1030. The fourth-order valence-electron chi connectivity index (χ4n) is 4.49. The third kappa shape index (κ3) is 4.07. The van der Waals surface area contributed by atoms with Gasteiger partial charge in [0.05, 0.1) is 24.0 Å². The zero-order valence-electron chi connectivity index (χ0n) is 18.0. The molecule has 1 aromatic carbocycles.